The van der Waals surface area contributed by atoms with Crippen LogP contribution in [-0.4, -0.2) is 44.7 Å². The lowest BCUT2D eigenvalue weighted by molar-refractivity contribution is -0.117. The number of benzene rings is 1. The number of likely N-dealkylation sites (N-methyl/N-ethyl adjacent to an activating group) is 1. The summed E-state index contributed by atoms with van der Waals surface area (Å²) >= 11 is 5.78. The summed E-state index contributed by atoms with van der Waals surface area (Å²) in [5, 5.41) is 3.28. The fourth-order valence-corrected chi connectivity index (χ4v) is 1.59. The van der Waals surface area contributed by atoms with E-state index in [0.29, 0.717) is 29.5 Å². The summed E-state index contributed by atoms with van der Waals surface area (Å²) in [5.41, 5.74) is 6.78. The van der Waals surface area contributed by atoms with Crippen molar-refractivity contribution in [3.63, 3.8) is 0 Å². The number of hydrogen-bond acceptors (Lipinski definition) is 4. The van der Waals surface area contributed by atoms with Crippen LogP contribution in [0.5, 0.6) is 0 Å². The van der Waals surface area contributed by atoms with Gasteiger partial charge in [0.15, 0.2) is 0 Å². The van der Waals surface area contributed by atoms with E-state index in [0.717, 1.165) is 0 Å². The molecule has 0 spiro atoms. The third-order valence-corrected chi connectivity index (χ3v) is 2.61. The number of anilines is 2. The van der Waals surface area contributed by atoms with Crippen molar-refractivity contribution >= 4 is 28.9 Å². The third-order valence-electron chi connectivity index (χ3n) is 2.38. The van der Waals surface area contributed by atoms with E-state index < -0.39 is 0 Å². The van der Waals surface area contributed by atoms with Crippen molar-refractivity contribution in [2.24, 2.45) is 0 Å². The lowest BCUT2D eigenvalue weighted by atomic mass is 10.2. The lowest BCUT2D eigenvalue weighted by Gasteiger charge is -2.16. The van der Waals surface area contributed by atoms with E-state index in [4.69, 9.17) is 22.1 Å². The number of nitrogens with zero attached hydrogens (tertiary/aromatic N) is 1. The number of ether oxygens (including phenoxy) is 1. The molecule has 6 heteroatoms. The maximum Gasteiger partial charge on any atom is 0.238 e. The van der Waals surface area contributed by atoms with Gasteiger partial charge in [-0.15, -0.1) is 0 Å². The molecule has 5 nitrogen and oxygen atoms in total. The van der Waals surface area contributed by atoms with Crippen LogP contribution in [-0.2, 0) is 9.53 Å². The summed E-state index contributed by atoms with van der Waals surface area (Å²) in [7, 11) is 3.48. The molecule has 1 rings (SSSR count). The molecule has 0 saturated carbocycles. The molecule has 0 aliphatic carbocycles. The van der Waals surface area contributed by atoms with Crippen molar-refractivity contribution in [1.29, 1.82) is 0 Å². The largest absolute Gasteiger partial charge is 0.397 e. The van der Waals surface area contributed by atoms with Crippen molar-refractivity contribution < 1.29 is 9.53 Å². The van der Waals surface area contributed by atoms with Gasteiger partial charge in [0.1, 0.15) is 0 Å². The number of methoxy groups -OCH3 is 1. The molecule has 0 aliphatic heterocycles. The Kier molecular flexibility index (Phi) is 5.91. The summed E-state index contributed by atoms with van der Waals surface area (Å²) in [6.07, 6.45) is 0. The lowest BCUT2D eigenvalue weighted by Crippen LogP contribution is -2.32. The molecule has 1 aromatic rings. The van der Waals surface area contributed by atoms with Crippen molar-refractivity contribution in [3.05, 3.63) is 23.2 Å². The van der Waals surface area contributed by atoms with Gasteiger partial charge in [0, 0.05) is 18.7 Å². The van der Waals surface area contributed by atoms with E-state index in [-0.39, 0.29) is 12.5 Å². The van der Waals surface area contributed by atoms with E-state index in [9.17, 15) is 4.79 Å². The quantitative estimate of drug-likeness (QED) is 0.769. The topological polar surface area (TPSA) is 67.6 Å². The predicted molar refractivity (Wildman–Crippen MR) is 73.9 cm³/mol. The smallest absolute Gasteiger partial charge is 0.238 e. The number of halogens is 1. The van der Waals surface area contributed by atoms with Crippen LogP contribution in [0, 0.1) is 0 Å². The van der Waals surface area contributed by atoms with Crippen molar-refractivity contribution in [2.75, 3.05) is 44.9 Å². The maximum atomic E-state index is 11.7. The average Bonchev–Trinajstić information content (AvgIpc) is 2.30. The first-order valence-corrected chi connectivity index (χ1v) is 5.93. The van der Waals surface area contributed by atoms with Gasteiger partial charge in [0.05, 0.1) is 24.5 Å². The van der Waals surface area contributed by atoms with E-state index in [1.54, 1.807) is 25.3 Å². The van der Waals surface area contributed by atoms with Gasteiger partial charge in [-0.1, -0.05) is 11.6 Å². The molecule has 0 radical (unpaired) electrons. The van der Waals surface area contributed by atoms with Gasteiger partial charge in [-0.3, -0.25) is 9.69 Å². The Hall–Kier alpha value is -1.30. The number of rotatable bonds is 6. The fraction of sp³-hybridized carbons (Fsp3) is 0.417. The second kappa shape index (κ2) is 7.20. The Balaban J connectivity index is 2.49. The van der Waals surface area contributed by atoms with Crippen LogP contribution >= 0.6 is 11.6 Å². The van der Waals surface area contributed by atoms with Crippen LogP contribution in [0.1, 0.15) is 0 Å². The van der Waals surface area contributed by atoms with Crippen LogP contribution in [0.25, 0.3) is 0 Å². The number of hydrogen-bond donors (Lipinski definition) is 2. The molecule has 0 aliphatic rings. The standard InChI is InChI=1S/C12H18ClN3O2/c1-16(5-6-18-2)8-12(17)15-11-4-3-9(13)7-10(11)14/h3-4,7H,5-6,8,14H2,1-2H3,(H,15,17). The first-order chi connectivity index (χ1) is 8.52. The zero-order valence-electron chi connectivity index (χ0n) is 10.6. The third kappa shape index (κ3) is 4.91. The second-order valence-electron chi connectivity index (χ2n) is 4.01. The Morgan fingerprint density at radius 2 is 2.28 bits per heavy atom. The highest BCUT2D eigenvalue weighted by Crippen LogP contribution is 2.22. The van der Waals surface area contributed by atoms with Gasteiger partial charge in [0.2, 0.25) is 5.91 Å². The minimum Gasteiger partial charge on any atom is -0.397 e. The summed E-state index contributed by atoms with van der Waals surface area (Å²) < 4.78 is 4.94. The number of nitrogens with two attached hydrogens (primary N) is 1. The Labute approximate surface area is 112 Å². The molecular weight excluding hydrogens is 254 g/mol. The summed E-state index contributed by atoms with van der Waals surface area (Å²) in [6, 6.07) is 4.97. The molecule has 1 amide bonds. The number of carbonyl (C=O) groups is 1. The number of nitrogen functional groups attached to an aromatic ring is 1. The minimum absolute atomic E-state index is 0.123. The Morgan fingerprint density at radius 1 is 1.56 bits per heavy atom. The van der Waals surface area contributed by atoms with E-state index in [2.05, 4.69) is 5.32 Å². The first kappa shape index (κ1) is 14.8. The van der Waals surface area contributed by atoms with E-state index in [1.165, 1.54) is 0 Å². The van der Waals surface area contributed by atoms with Crippen LogP contribution < -0.4 is 11.1 Å². The summed E-state index contributed by atoms with van der Waals surface area (Å²) in [4.78, 5) is 13.6. The van der Waals surface area contributed by atoms with Gasteiger partial charge in [0.25, 0.3) is 0 Å². The van der Waals surface area contributed by atoms with Gasteiger partial charge < -0.3 is 15.8 Å². The van der Waals surface area contributed by atoms with Gasteiger partial charge in [-0.25, -0.2) is 0 Å². The molecule has 3 N–H and O–H groups in total. The summed E-state index contributed by atoms with van der Waals surface area (Å²) in [6.45, 7) is 1.57. The number of nitrogens with one attached hydrogen (secondary N) is 1. The van der Waals surface area contributed by atoms with Crippen molar-refractivity contribution in [2.45, 2.75) is 0 Å². The Morgan fingerprint density at radius 3 is 2.89 bits per heavy atom. The van der Waals surface area contributed by atoms with Crippen LogP contribution in [0.3, 0.4) is 0 Å². The van der Waals surface area contributed by atoms with Crippen LogP contribution in [0.4, 0.5) is 11.4 Å². The molecule has 18 heavy (non-hydrogen) atoms. The summed E-state index contributed by atoms with van der Waals surface area (Å²) in [5.74, 6) is -0.123. The first-order valence-electron chi connectivity index (χ1n) is 5.55. The molecule has 0 saturated heterocycles. The zero-order chi connectivity index (χ0) is 13.5. The average molecular weight is 272 g/mol. The molecule has 1 aromatic carbocycles. The van der Waals surface area contributed by atoms with E-state index in [1.807, 2.05) is 11.9 Å². The predicted octanol–water partition coefficient (Wildman–Crippen LogP) is 1.44. The monoisotopic (exact) mass is 271 g/mol. The van der Waals surface area contributed by atoms with Gasteiger partial charge >= 0.3 is 0 Å². The van der Waals surface area contributed by atoms with Gasteiger partial charge in [-0.05, 0) is 25.2 Å². The SMILES string of the molecule is COCCN(C)CC(=O)Nc1ccc(Cl)cc1N. The maximum absolute atomic E-state index is 11.7. The number of amides is 1. The zero-order valence-corrected chi connectivity index (χ0v) is 11.3. The Bertz CT molecular complexity index is 412. The van der Waals surface area contributed by atoms with Crippen molar-refractivity contribution in [3.8, 4) is 0 Å². The van der Waals surface area contributed by atoms with Crippen LogP contribution in [0.2, 0.25) is 5.02 Å². The highest BCUT2D eigenvalue weighted by Gasteiger charge is 2.08. The fourth-order valence-electron chi connectivity index (χ4n) is 1.41. The van der Waals surface area contributed by atoms with E-state index >= 15 is 0 Å². The highest BCUT2D eigenvalue weighted by atomic mass is 35.5. The molecule has 0 fully saturated rings. The molecular formula is C12H18ClN3O2. The van der Waals surface area contributed by atoms with Crippen LogP contribution in [0.15, 0.2) is 18.2 Å². The molecule has 0 unspecified atom stereocenters. The minimum atomic E-state index is -0.123. The molecule has 100 valence electrons. The number of carbonyl (C=O) groups excluding carboxylic acids is 1. The molecule has 0 aromatic heterocycles. The normalized spacial score (nSPS) is 10.7. The van der Waals surface area contributed by atoms with Gasteiger partial charge in [-0.2, -0.15) is 0 Å². The molecule has 0 heterocycles. The molecule has 0 atom stereocenters. The van der Waals surface area contributed by atoms with Crippen molar-refractivity contribution in [1.82, 2.24) is 4.90 Å². The highest BCUT2D eigenvalue weighted by molar-refractivity contribution is 6.31. The molecule has 0 bridgehead atoms. The second-order valence-corrected chi connectivity index (χ2v) is 4.45.